The Morgan fingerprint density at radius 1 is 1.24 bits per heavy atom. The van der Waals surface area contributed by atoms with Crippen molar-refractivity contribution in [2.45, 2.75) is 33.7 Å². The monoisotopic (exact) mass is 312 g/mol. The molecule has 0 aromatic heterocycles. The molecule has 1 rings (SSSR count). The van der Waals surface area contributed by atoms with Crippen molar-refractivity contribution in [1.82, 2.24) is 5.32 Å². The second-order valence-corrected chi connectivity index (χ2v) is 7.75. The molecule has 1 aromatic rings. The smallest absolute Gasteiger partial charge is 0.251 e. The average Bonchev–Trinajstić information content (AvgIpc) is 2.36. The van der Waals surface area contributed by atoms with Gasteiger partial charge in [0.15, 0.2) is 0 Å². The van der Waals surface area contributed by atoms with Crippen LogP contribution in [0.25, 0.3) is 0 Å². The number of rotatable bonds is 5. The normalized spacial score (nSPS) is 13.1. The predicted molar refractivity (Wildman–Crippen MR) is 86.2 cm³/mol. The minimum atomic E-state index is -3.31. The summed E-state index contributed by atoms with van der Waals surface area (Å²) in [4.78, 5) is 12.1. The highest BCUT2D eigenvalue weighted by atomic mass is 32.2. The van der Waals surface area contributed by atoms with Gasteiger partial charge in [0, 0.05) is 18.7 Å². The Morgan fingerprint density at radius 3 is 2.24 bits per heavy atom. The van der Waals surface area contributed by atoms with Crippen molar-refractivity contribution in [3.8, 4) is 0 Å². The lowest BCUT2D eigenvalue weighted by molar-refractivity contribution is 0.0930. The molecule has 0 radical (unpaired) electrons. The predicted octanol–water partition coefficient (Wildman–Crippen LogP) is 2.17. The first kappa shape index (κ1) is 17.5. The van der Waals surface area contributed by atoms with Crippen LogP contribution in [0.4, 0.5) is 5.69 Å². The third-order valence-corrected chi connectivity index (χ3v) is 4.85. The molecular formula is C15H24N2O3S. The fourth-order valence-corrected chi connectivity index (χ4v) is 2.35. The van der Waals surface area contributed by atoms with E-state index in [1.54, 1.807) is 25.1 Å². The quantitative estimate of drug-likeness (QED) is 0.906. The molecule has 0 saturated heterocycles. The molecule has 0 heterocycles. The second kappa shape index (κ2) is 6.47. The van der Waals surface area contributed by atoms with Crippen LogP contribution in [-0.4, -0.2) is 33.7 Å². The lowest BCUT2D eigenvalue weighted by Gasteiger charge is -2.20. The van der Waals surface area contributed by atoms with Gasteiger partial charge in [-0.05, 0) is 43.5 Å². The van der Waals surface area contributed by atoms with Crippen molar-refractivity contribution < 1.29 is 13.2 Å². The molecule has 21 heavy (non-hydrogen) atoms. The zero-order valence-corrected chi connectivity index (χ0v) is 14.3. The standard InChI is InChI=1S/C15H24N2O3S/c1-10(2)12(4)16-15(18)13-7-8-14(11(3)9-13)17(5)21(6,19)20/h7-10,12H,1-6H3,(H,16,18)/t12-/m0/s1. The molecular weight excluding hydrogens is 288 g/mol. The largest absolute Gasteiger partial charge is 0.349 e. The van der Waals surface area contributed by atoms with Crippen molar-refractivity contribution in [1.29, 1.82) is 0 Å². The van der Waals surface area contributed by atoms with Gasteiger partial charge in [-0.3, -0.25) is 9.10 Å². The van der Waals surface area contributed by atoms with E-state index in [2.05, 4.69) is 5.32 Å². The summed E-state index contributed by atoms with van der Waals surface area (Å²) in [6.45, 7) is 7.83. The summed E-state index contributed by atoms with van der Waals surface area (Å²) in [5, 5.41) is 2.93. The van der Waals surface area contributed by atoms with Crippen molar-refractivity contribution in [2.24, 2.45) is 5.92 Å². The van der Waals surface area contributed by atoms with E-state index in [1.165, 1.54) is 11.4 Å². The lowest BCUT2D eigenvalue weighted by atomic mass is 10.0. The van der Waals surface area contributed by atoms with Gasteiger partial charge in [-0.1, -0.05) is 13.8 Å². The second-order valence-electron chi connectivity index (χ2n) is 5.74. The molecule has 0 unspecified atom stereocenters. The number of amides is 1. The summed E-state index contributed by atoms with van der Waals surface area (Å²) >= 11 is 0. The highest BCUT2D eigenvalue weighted by Gasteiger charge is 2.17. The van der Waals surface area contributed by atoms with E-state index in [9.17, 15) is 13.2 Å². The molecule has 1 N–H and O–H groups in total. The van der Waals surface area contributed by atoms with Gasteiger partial charge >= 0.3 is 0 Å². The Bertz CT molecular complexity index is 624. The van der Waals surface area contributed by atoms with Gasteiger partial charge in [-0.25, -0.2) is 8.42 Å². The Morgan fingerprint density at radius 2 is 1.81 bits per heavy atom. The number of sulfonamides is 1. The summed E-state index contributed by atoms with van der Waals surface area (Å²) in [5.41, 5.74) is 1.85. The fraction of sp³-hybridized carbons (Fsp3) is 0.533. The van der Waals surface area contributed by atoms with Gasteiger partial charge in [0.2, 0.25) is 10.0 Å². The van der Waals surface area contributed by atoms with Crippen molar-refractivity contribution >= 4 is 21.6 Å². The summed E-state index contributed by atoms with van der Waals surface area (Å²) in [6.07, 6.45) is 1.15. The summed E-state index contributed by atoms with van der Waals surface area (Å²) in [6, 6.07) is 5.09. The van der Waals surface area contributed by atoms with Gasteiger partial charge in [-0.2, -0.15) is 0 Å². The van der Waals surface area contributed by atoms with Gasteiger partial charge in [0.1, 0.15) is 0 Å². The minimum Gasteiger partial charge on any atom is -0.349 e. The average molecular weight is 312 g/mol. The van der Waals surface area contributed by atoms with E-state index in [4.69, 9.17) is 0 Å². The van der Waals surface area contributed by atoms with E-state index in [-0.39, 0.29) is 11.9 Å². The molecule has 0 aliphatic rings. The van der Waals surface area contributed by atoms with Crippen LogP contribution in [0.3, 0.4) is 0 Å². The number of nitrogens with one attached hydrogen (secondary N) is 1. The van der Waals surface area contributed by atoms with E-state index >= 15 is 0 Å². The molecule has 1 atom stereocenters. The van der Waals surface area contributed by atoms with Crippen molar-refractivity contribution in [2.75, 3.05) is 17.6 Å². The van der Waals surface area contributed by atoms with Crippen LogP contribution in [-0.2, 0) is 10.0 Å². The van der Waals surface area contributed by atoms with Gasteiger partial charge in [-0.15, -0.1) is 0 Å². The zero-order valence-electron chi connectivity index (χ0n) is 13.5. The number of hydrogen-bond acceptors (Lipinski definition) is 3. The first-order chi connectivity index (χ1) is 9.54. The summed E-state index contributed by atoms with van der Waals surface area (Å²) < 4.78 is 24.3. The van der Waals surface area contributed by atoms with Crippen molar-refractivity contribution in [3.63, 3.8) is 0 Å². The number of aryl methyl sites for hydroxylation is 1. The van der Waals surface area contributed by atoms with E-state index < -0.39 is 10.0 Å². The van der Waals surface area contributed by atoms with E-state index in [0.29, 0.717) is 17.2 Å². The Balaban J connectivity index is 3.00. The van der Waals surface area contributed by atoms with E-state index in [1.807, 2.05) is 20.8 Å². The van der Waals surface area contributed by atoms with Crippen LogP contribution in [0, 0.1) is 12.8 Å². The molecule has 0 bridgehead atoms. The third-order valence-electron chi connectivity index (χ3n) is 3.65. The maximum absolute atomic E-state index is 12.1. The third kappa shape index (κ3) is 4.46. The first-order valence-corrected chi connectivity index (χ1v) is 8.74. The maximum atomic E-state index is 12.1. The number of carbonyl (C=O) groups excluding carboxylic acids is 1. The lowest BCUT2D eigenvalue weighted by Crippen LogP contribution is -2.36. The molecule has 1 amide bonds. The molecule has 5 nitrogen and oxygen atoms in total. The maximum Gasteiger partial charge on any atom is 0.251 e. The molecule has 0 fully saturated rings. The molecule has 0 spiro atoms. The molecule has 6 heteroatoms. The molecule has 0 aliphatic carbocycles. The van der Waals surface area contributed by atoms with Gasteiger partial charge < -0.3 is 5.32 Å². The SMILES string of the molecule is Cc1cc(C(=O)N[C@@H](C)C(C)C)ccc1N(C)S(C)(=O)=O. The molecule has 0 aliphatic heterocycles. The van der Waals surface area contributed by atoms with Crippen LogP contribution >= 0.6 is 0 Å². The first-order valence-electron chi connectivity index (χ1n) is 6.89. The summed E-state index contributed by atoms with van der Waals surface area (Å²) in [7, 11) is -1.81. The minimum absolute atomic E-state index is 0.0798. The highest BCUT2D eigenvalue weighted by molar-refractivity contribution is 7.92. The zero-order chi connectivity index (χ0) is 16.4. The van der Waals surface area contributed by atoms with E-state index in [0.717, 1.165) is 11.8 Å². The van der Waals surface area contributed by atoms with Crippen LogP contribution in [0.1, 0.15) is 36.7 Å². The fourth-order valence-electron chi connectivity index (χ4n) is 1.79. The molecule has 1 aromatic carbocycles. The van der Waals surface area contributed by atoms with Crippen LogP contribution in [0.5, 0.6) is 0 Å². The molecule has 118 valence electrons. The number of anilines is 1. The van der Waals surface area contributed by atoms with Gasteiger partial charge in [0.05, 0.1) is 11.9 Å². The summed E-state index contributed by atoms with van der Waals surface area (Å²) in [5.74, 6) is 0.207. The number of hydrogen-bond donors (Lipinski definition) is 1. The number of carbonyl (C=O) groups is 1. The molecule has 0 saturated carbocycles. The topological polar surface area (TPSA) is 66.5 Å². The number of benzene rings is 1. The Kier molecular flexibility index (Phi) is 5.39. The number of nitrogens with zero attached hydrogens (tertiary/aromatic N) is 1. The van der Waals surface area contributed by atoms with Crippen LogP contribution < -0.4 is 9.62 Å². The van der Waals surface area contributed by atoms with Crippen LogP contribution in [0.15, 0.2) is 18.2 Å². The Hall–Kier alpha value is -1.56. The Labute approximate surface area is 127 Å². The van der Waals surface area contributed by atoms with Crippen molar-refractivity contribution in [3.05, 3.63) is 29.3 Å². The van der Waals surface area contributed by atoms with Crippen LogP contribution in [0.2, 0.25) is 0 Å². The highest BCUT2D eigenvalue weighted by Crippen LogP contribution is 2.22. The van der Waals surface area contributed by atoms with Gasteiger partial charge in [0.25, 0.3) is 5.91 Å².